The van der Waals surface area contributed by atoms with Crippen molar-refractivity contribution in [1.82, 2.24) is 4.90 Å². The van der Waals surface area contributed by atoms with Crippen molar-refractivity contribution in [1.29, 1.82) is 0 Å². The second-order valence-corrected chi connectivity index (χ2v) is 4.76. The van der Waals surface area contributed by atoms with Crippen LogP contribution in [0, 0.1) is 0 Å². The summed E-state index contributed by atoms with van der Waals surface area (Å²) in [6.45, 7) is 0.943. The topological polar surface area (TPSA) is 33.5 Å². The fourth-order valence-electron chi connectivity index (χ4n) is 1.74. The molecule has 0 bridgehead atoms. The molecule has 0 aliphatic carbocycles. The summed E-state index contributed by atoms with van der Waals surface area (Å²) >= 11 is 11.4. The molecule has 0 unspecified atom stereocenters. The maximum Gasteiger partial charge on any atom is 0.289 e. The van der Waals surface area contributed by atoms with Crippen LogP contribution >= 0.6 is 23.2 Å². The van der Waals surface area contributed by atoms with E-state index < -0.39 is 0 Å². The van der Waals surface area contributed by atoms with Crippen LogP contribution < -0.4 is 0 Å². The number of amides is 1. The molecule has 0 aliphatic rings. The van der Waals surface area contributed by atoms with Crippen LogP contribution in [-0.4, -0.2) is 23.2 Å². The summed E-state index contributed by atoms with van der Waals surface area (Å²) in [5.74, 6) is 0.384. The van der Waals surface area contributed by atoms with Crippen molar-refractivity contribution < 1.29 is 9.21 Å². The van der Waals surface area contributed by atoms with Gasteiger partial charge in [0.1, 0.15) is 0 Å². The van der Waals surface area contributed by atoms with Crippen LogP contribution in [0.1, 0.15) is 16.1 Å². The maximum atomic E-state index is 12.3. The molecule has 5 heteroatoms. The van der Waals surface area contributed by atoms with Gasteiger partial charge in [-0.05, 0) is 29.3 Å². The molecule has 100 valence electrons. The number of nitrogens with zero attached hydrogens (tertiary/aromatic N) is 1. The lowest BCUT2D eigenvalue weighted by atomic mass is 10.2. The summed E-state index contributed by atoms with van der Waals surface area (Å²) in [6.07, 6.45) is 0. The predicted octanol–water partition coefficient (Wildman–Crippen LogP) is 3.81. The quantitative estimate of drug-likeness (QED) is 0.786. The van der Waals surface area contributed by atoms with Crippen LogP contribution in [0.2, 0.25) is 5.22 Å². The fraction of sp³-hybridized carbons (Fsp3) is 0.214. The standard InChI is InChI=1S/C14H13Cl2NO2/c15-8-9-17(10-11-4-2-1-3-5-11)14(18)12-6-7-13(16)19-12/h1-7H,8-10H2. The first kappa shape index (κ1) is 14.0. The Kier molecular flexibility index (Phi) is 4.88. The van der Waals surface area contributed by atoms with E-state index in [1.165, 1.54) is 0 Å². The summed E-state index contributed by atoms with van der Waals surface area (Å²) in [6, 6.07) is 12.8. The van der Waals surface area contributed by atoms with E-state index in [9.17, 15) is 4.79 Å². The lowest BCUT2D eigenvalue weighted by Gasteiger charge is -2.20. The van der Waals surface area contributed by atoms with E-state index in [4.69, 9.17) is 27.6 Å². The van der Waals surface area contributed by atoms with Gasteiger partial charge in [0.25, 0.3) is 5.91 Å². The monoisotopic (exact) mass is 297 g/mol. The lowest BCUT2D eigenvalue weighted by Crippen LogP contribution is -2.32. The van der Waals surface area contributed by atoms with Gasteiger partial charge < -0.3 is 9.32 Å². The van der Waals surface area contributed by atoms with Gasteiger partial charge in [-0.15, -0.1) is 11.6 Å². The Morgan fingerprint density at radius 2 is 1.89 bits per heavy atom. The predicted molar refractivity (Wildman–Crippen MR) is 75.6 cm³/mol. The Hall–Kier alpha value is -1.45. The van der Waals surface area contributed by atoms with E-state index in [2.05, 4.69) is 0 Å². The highest BCUT2D eigenvalue weighted by molar-refractivity contribution is 6.29. The second-order valence-electron chi connectivity index (χ2n) is 4.01. The van der Waals surface area contributed by atoms with Gasteiger partial charge in [0.15, 0.2) is 11.0 Å². The van der Waals surface area contributed by atoms with E-state index in [1.807, 2.05) is 30.3 Å². The number of hydrogen-bond acceptors (Lipinski definition) is 2. The number of halogens is 2. The van der Waals surface area contributed by atoms with E-state index in [0.717, 1.165) is 5.56 Å². The molecule has 0 fully saturated rings. The number of carbonyl (C=O) groups excluding carboxylic acids is 1. The van der Waals surface area contributed by atoms with Gasteiger partial charge in [-0.3, -0.25) is 4.79 Å². The zero-order valence-electron chi connectivity index (χ0n) is 10.2. The van der Waals surface area contributed by atoms with Gasteiger partial charge in [0.2, 0.25) is 0 Å². The van der Waals surface area contributed by atoms with E-state index >= 15 is 0 Å². The molecule has 19 heavy (non-hydrogen) atoms. The molecular formula is C14H13Cl2NO2. The van der Waals surface area contributed by atoms with Crippen molar-refractivity contribution in [2.45, 2.75) is 6.54 Å². The van der Waals surface area contributed by atoms with Crippen molar-refractivity contribution in [2.75, 3.05) is 12.4 Å². The van der Waals surface area contributed by atoms with Crippen molar-refractivity contribution in [2.24, 2.45) is 0 Å². The molecule has 0 spiro atoms. The number of rotatable bonds is 5. The van der Waals surface area contributed by atoms with Crippen LogP contribution in [0.15, 0.2) is 46.9 Å². The van der Waals surface area contributed by atoms with Crippen molar-refractivity contribution in [3.8, 4) is 0 Å². The molecule has 0 aliphatic heterocycles. The van der Waals surface area contributed by atoms with Gasteiger partial charge in [-0.25, -0.2) is 0 Å². The molecular weight excluding hydrogens is 285 g/mol. The molecule has 2 rings (SSSR count). The summed E-state index contributed by atoms with van der Waals surface area (Å²) in [7, 11) is 0. The third-order valence-corrected chi connectivity index (χ3v) is 3.01. The lowest BCUT2D eigenvalue weighted by molar-refractivity contribution is 0.0721. The zero-order valence-corrected chi connectivity index (χ0v) is 11.7. The molecule has 0 saturated carbocycles. The van der Waals surface area contributed by atoms with Gasteiger partial charge in [0, 0.05) is 19.0 Å². The van der Waals surface area contributed by atoms with Crippen LogP contribution in [0.25, 0.3) is 0 Å². The molecule has 2 aromatic rings. The molecule has 0 N–H and O–H groups in total. The molecule has 1 aromatic heterocycles. The summed E-state index contributed by atoms with van der Waals surface area (Å²) in [4.78, 5) is 13.9. The largest absolute Gasteiger partial charge is 0.440 e. The smallest absolute Gasteiger partial charge is 0.289 e. The average Bonchev–Trinajstić information content (AvgIpc) is 2.85. The van der Waals surface area contributed by atoms with E-state index in [0.29, 0.717) is 19.0 Å². The molecule has 0 radical (unpaired) electrons. The highest BCUT2D eigenvalue weighted by atomic mass is 35.5. The molecule has 1 heterocycles. The fourth-order valence-corrected chi connectivity index (χ4v) is 2.09. The SMILES string of the molecule is O=C(c1ccc(Cl)o1)N(CCCl)Cc1ccccc1. The molecule has 1 aromatic carbocycles. The van der Waals surface area contributed by atoms with Crippen LogP contribution in [0.5, 0.6) is 0 Å². The third-order valence-electron chi connectivity index (χ3n) is 2.64. The minimum absolute atomic E-state index is 0.203. The van der Waals surface area contributed by atoms with E-state index in [1.54, 1.807) is 17.0 Å². The second kappa shape index (κ2) is 6.64. The van der Waals surface area contributed by atoms with Gasteiger partial charge in [-0.1, -0.05) is 30.3 Å². The van der Waals surface area contributed by atoms with Gasteiger partial charge in [-0.2, -0.15) is 0 Å². The average molecular weight is 298 g/mol. The van der Waals surface area contributed by atoms with Gasteiger partial charge >= 0.3 is 0 Å². The minimum Gasteiger partial charge on any atom is -0.440 e. The minimum atomic E-state index is -0.212. The normalized spacial score (nSPS) is 10.4. The number of furan rings is 1. The first-order chi connectivity index (χ1) is 9.20. The van der Waals surface area contributed by atoms with Crippen LogP contribution in [0.3, 0.4) is 0 Å². The molecule has 0 atom stereocenters. The summed E-state index contributed by atoms with van der Waals surface area (Å²) in [5, 5.41) is 0.203. The number of carbonyl (C=O) groups is 1. The Bertz CT molecular complexity index is 539. The Morgan fingerprint density at radius 1 is 1.16 bits per heavy atom. The number of hydrogen-bond donors (Lipinski definition) is 0. The number of alkyl halides is 1. The Morgan fingerprint density at radius 3 is 2.47 bits per heavy atom. The Balaban J connectivity index is 2.13. The summed E-state index contributed by atoms with van der Waals surface area (Å²) < 4.78 is 5.14. The van der Waals surface area contributed by atoms with Crippen molar-refractivity contribution in [3.05, 3.63) is 59.0 Å². The van der Waals surface area contributed by atoms with Crippen LogP contribution in [-0.2, 0) is 6.54 Å². The van der Waals surface area contributed by atoms with Crippen LogP contribution in [0.4, 0.5) is 0 Å². The molecule has 1 amide bonds. The Labute approximate surface area is 121 Å². The number of benzene rings is 1. The highest BCUT2D eigenvalue weighted by Crippen LogP contribution is 2.16. The van der Waals surface area contributed by atoms with Crippen molar-refractivity contribution >= 4 is 29.1 Å². The molecule has 3 nitrogen and oxygen atoms in total. The molecule has 0 saturated heterocycles. The van der Waals surface area contributed by atoms with Gasteiger partial charge in [0.05, 0.1) is 0 Å². The van der Waals surface area contributed by atoms with Crippen molar-refractivity contribution in [3.63, 3.8) is 0 Å². The summed E-state index contributed by atoms with van der Waals surface area (Å²) in [5.41, 5.74) is 1.04. The maximum absolute atomic E-state index is 12.3. The highest BCUT2D eigenvalue weighted by Gasteiger charge is 2.18. The zero-order chi connectivity index (χ0) is 13.7. The van der Waals surface area contributed by atoms with E-state index in [-0.39, 0.29) is 16.9 Å². The first-order valence-electron chi connectivity index (χ1n) is 5.85. The first-order valence-corrected chi connectivity index (χ1v) is 6.76. The third kappa shape index (κ3) is 3.75.